The lowest BCUT2D eigenvalue weighted by Crippen LogP contribution is -2.48. The summed E-state index contributed by atoms with van der Waals surface area (Å²) in [4.78, 5) is 15.2. The molecule has 1 aliphatic rings. The van der Waals surface area contributed by atoms with E-state index >= 15 is 0 Å². The molecule has 0 aliphatic carbocycles. The van der Waals surface area contributed by atoms with Crippen molar-refractivity contribution in [2.45, 2.75) is 38.8 Å². The minimum atomic E-state index is -0.110. The van der Waals surface area contributed by atoms with Crippen LogP contribution >= 0.6 is 0 Å². The molecule has 132 valence electrons. The smallest absolute Gasteiger partial charge is 0.237 e. The molecule has 1 aliphatic heterocycles. The number of piperidine rings is 1. The molecule has 1 amide bonds. The van der Waals surface area contributed by atoms with Crippen molar-refractivity contribution in [3.05, 3.63) is 71.8 Å². The van der Waals surface area contributed by atoms with Crippen molar-refractivity contribution in [1.29, 1.82) is 0 Å². The fourth-order valence-electron chi connectivity index (χ4n) is 3.49. The second-order valence-corrected chi connectivity index (χ2v) is 7.16. The maximum absolute atomic E-state index is 12.9. The summed E-state index contributed by atoms with van der Waals surface area (Å²) >= 11 is 0. The highest BCUT2D eigenvalue weighted by Gasteiger charge is 2.27. The molecule has 0 spiro atoms. The zero-order valence-electron chi connectivity index (χ0n) is 15.2. The molecule has 1 heterocycles. The van der Waals surface area contributed by atoms with Crippen LogP contribution in [-0.4, -0.2) is 29.9 Å². The van der Waals surface area contributed by atoms with Crippen LogP contribution in [0.5, 0.6) is 0 Å². The highest BCUT2D eigenvalue weighted by atomic mass is 16.2. The number of hydrogen-bond donors (Lipinski definition) is 1. The zero-order chi connectivity index (χ0) is 17.6. The molecule has 25 heavy (non-hydrogen) atoms. The highest BCUT2D eigenvalue weighted by molar-refractivity contribution is 5.82. The van der Waals surface area contributed by atoms with Gasteiger partial charge in [0.2, 0.25) is 5.91 Å². The van der Waals surface area contributed by atoms with Crippen LogP contribution in [0.1, 0.15) is 43.9 Å². The van der Waals surface area contributed by atoms with Crippen molar-refractivity contribution >= 4 is 5.91 Å². The maximum Gasteiger partial charge on any atom is 0.237 e. The minimum absolute atomic E-state index is 0.0950. The normalized spacial score (nSPS) is 17.4. The number of likely N-dealkylation sites (tertiary alicyclic amines) is 1. The number of carbonyl (C=O) groups excluding carboxylic acids is 1. The first kappa shape index (κ1) is 17.7. The molecular weight excluding hydrogens is 308 g/mol. The van der Waals surface area contributed by atoms with Gasteiger partial charge in [0, 0.05) is 0 Å². The van der Waals surface area contributed by atoms with E-state index in [0.717, 1.165) is 30.1 Å². The Labute approximate surface area is 151 Å². The Hall–Kier alpha value is -2.13. The predicted molar refractivity (Wildman–Crippen MR) is 102 cm³/mol. The Morgan fingerprint density at radius 3 is 1.92 bits per heavy atom. The summed E-state index contributed by atoms with van der Waals surface area (Å²) in [5, 5.41) is 3.28. The number of carbonyl (C=O) groups is 1. The van der Waals surface area contributed by atoms with Gasteiger partial charge in [-0.3, -0.25) is 9.69 Å². The largest absolute Gasteiger partial charge is 0.344 e. The fourth-order valence-corrected chi connectivity index (χ4v) is 3.49. The molecular formula is C22H28N2O. The molecule has 3 nitrogen and oxygen atoms in total. The lowest BCUT2D eigenvalue weighted by atomic mass is 9.97. The van der Waals surface area contributed by atoms with Crippen molar-refractivity contribution in [3.8, 4) is 0 Å². The standard InChI is InChI=1S/C22H28N2O/c1-17-13-15-24(16-14-17)18(2)22(25)23-21(19-9-5-3-6-10-19)20-11-7-4-8-12-20/h3-12,17-18,21H,13-16H2,1-2H3,(H,23,25)/t18-/m1/s1. The topological polar surface area (TPSA) is 32.3 Å². The molecule has 0 unspecified atom stereocenters. The summed E-state index contributed by atoms with van der Waals surface area (Å²) in [5.74, 6) is 0.875. The quantitative estimate of drug-likeness (QED) is 0.894. The number of nitrogens with one attached hydrogen (secondary N) is 1. The van der Waals surface area contributed by atoms with Crippen molar-refractivity contribution in [2.24, 2.45) is 5.92 Å². The van der Waals surface area contributed by atoms with E-state index < -0.39 is 0 Å². The third kappa shape index (κ3) is 4.49. The fraction of sp³-hybridized carbons (Fsp3) is 0.409. The van der Waals surface area contributed by atoms with E-state index in [1.54, 1.807) is 0 Å². The van der Waals surface area contributed by atoms with Crippen LogP contribution in [0.15, 0.2) is 60.7 Å². The van der Waals surface area contributed by atoms with E-state index in [0.29, 0.717) is 0 Å². The first-order valence-corrected chi connectivity index (χ1v) is 9.29. The van der Waals surface area contributed by atoms with E-state index in [9.17, 15) is 4.79 Å². The third-order valence-corrected chi connectivity index (χ3v) is 5.30. The van der Waals surface area contributed by atoms with E-state index in [-0.39, 0.29) is 18.0 Å². The van der Waals surface area contributed by atoms with E-state index in [4.69, 9.17) is 0 Å². The van der Waals surface area contributed by atoms with Crippen LogP contribution in [0.3, 0.4) is 0 Å². The van der Waals surface area contributed by atoms with Gasteiger partial charge in [-0.25, -0.2) is 0 Å². The summed E-state index contributed by atoms with van der Waals surface area (Å²) in [6.07, 6.45) is 2.36. The molecule has 1 N–H and O–H groups in total. The first-order valence-electron chi connectivity index (χ1n) is 9.29. The summed E-state index contributed by atoms with van der Waals surface area (Å²) in [5.41, 5.74) is 2.23. The second-order valence-electron chi connectivity index (χ2n) is 7.16. The molecule has 3 heteroatoms. The van der Waals surface area contributed by atoms with Gasteiger partial charge in [0.1, 0.15) is 0 Å². The van der Waals surface area contributed by atoms with Gasteiger partial charge in [-0.2, -0.15) is 0 Å². The molecule has 0 aromatic heterocycles. The predicted octanol–water partition coefficient (Wildman–Crippen LogP) is 4.01. The van der Waals surface area contributed by atoms with Crippen LogP contribution in [0.4, 0.5) is 0 Å². The summed E-state index contributed by atoms with van der Waals surface area (Å²) in [6, 6.07) is 20.2. The molecule has 0 saturated carbocycles. The molecule has 1 atom stereocenters. The zero-order valence-corrected chi connectivity index (χ0v) is 15.2. The van der Waals surface area contributed by atoms with Gasteiger partial charge in [0.05, 0.1) is 12.1 Å². The molecule has 0 radical (unpaired) electrons. The van der Waals surface area contributed by atoms with Gasteiger partial charge in [-0.05, 0) is 49.9 Å². The molecule has 0 bridgehead atoms. The Bertz CT molecular complexity index is 623. The number of benzene rings is 2. The highest BCUT2D eigenvalue weighted by Crippen LogP contribution is 2.23. The molecule has 2 aromatic carbocycles. The van der Waals surface area contributed by atoms with Gasteiger partial charge in [-0.1, -0.05) is 67.6 Å². The Morgan fingerprint density at radius 2 is 1.44 bits per heavy atom. The Morgan fingerprint density at radius 1 is 0.960 bits per heavy atom. The number of amides is 1. The maximum atomic E-state index is 12.9. The summed E-state index contributed by atoms with van der Waals surface area (Å²) < 4.78 is 0. The molecule has 2 aromatic rings. The monoisotopic (exact) mass is 336 g/mol. The number of hydrogen-bond acceptors (Lipinski definition) is 2. The van der Waals surface area contributed by atoms with Gasteiger partial charge >= 0.3 is 0 Å². The van der Waals surface area contributed by atoms with Crippen molar-refractivity contribution in [2.75, 3.05) is 13.1 Å². The minimum Gasteiger partial charge on any atom is -0.344 e. The average molecular weight is 336 g/mol. The van der Waals surface area contributed by atoms with Crippen LogP contribution in [0.25, 0.3) is 0 Å². The van der Waals surface area contributed by atoms with Crippen LogP contribution in [-0.2, 0) is 4.79 Å². The lowest BCUT2D eigenvalue weighted by Gasteiger charge is -2.35. The second kappa shape index (κ2) is 8.30. The van der Waals surface area contributed by atoms with E-state index in [2.05, 4.69) is 41.4 Å². The first-order chi connectivity index (χ1) is 12.1. The third-order valence-electron chi connectivity index (χ3n) is 5.30. The van der Waals surface area contributed by atoms with Crippen molar-refractivity contribution in [1.82, 2.24) is 10.2 Å². The number of nitrogens with zero attached hydrogens (tertiary/aromatic N) is 1. The molecule has 1 fully saturated rings. The number of rotatable bonds is 5. The van der Waals surface area contributed by atoms with E-state index in [1.807, 2.05) is 43.3 Å². The Kier molecular flexibility index (Phi) is 5.87. The van der Waals surface area contributed by atoms with E-state index in [1.165, 1.54) is 12.8 Å². The average Bonchev–Trinajstić information content (AvgIpc) is 2.67. The van der Waals surface area contributed by atoms with Crippen molar-refractivity contribution in [3.63, 3.8) is 0 Å². The van der Waals surface area contributed by atoms with Crippen LogP contribution in [0.2, 0.25) is 0 Å². The summed E-state index contributed by atoms with van der Waals surface area (Å²) in [6.45, 7) is 6.34. The van der Waals surface area contributed by atoms with Crippen LogP contribution < -0.4 is 5.32 Å². The molecule has 3 rings (SSSR count). The van der Waals surface area contributed by atoms with Gasteiger partial charge < -0.3 is 5.32 Å². The Balaban J connectivity index is 1.75. The van der Waals surface area contributed by atoms with Gasteiger partial charge in [-0.15, -0.1) is 0 Å². The molecule has 1 saturated heterocycles. The van der Waals surface area contributed by atoms with Crippen molar-refractivity contribution < 1.29 is 4.79 Å². The van der Waals surface area contributed by atoms with Gasteiger partial charge in [0.15, 0.2) is 0 Å². The SMILES string of the molecule is CC1CCN([C@H](C)C(=O)NC(c2ccccc2)c2ccccc2)CC1. The van der Waals surface area contributed by atoms with Crippen LogP contribution in [0, 0.1) is 5.92 Å². The lowest BCUT2D eigenvalue weighted by molar-refractivity contribution is -0.127. The van der Waals surface area contributed by atoms with Gasteiger partial charge in [0.25, 0.3) is 0 Å². The summed E-state index contributed by atoms with van der Waals surface area (Å²) in [7, 11) is 0.